The van der Waals surface area contributed by atoms with Crippen LogP contribution in [0.4, 0.5) is 0 Å². The van der Waals surface area contributed by atoms with Crippen molar-refractivity contribution >= 4 is 27.5 Å². The van der Waals surface area contributed by atoms with Crippen LogP contribution in [0.3, 0.4) is 0 Å². The normalized spacial score (nSPS) is 10.6. The van der Waals surface area contributed by atoms with E-state index in [0.717, 1.165) is 15.8 Å². The zero-order valence-electron chi connectivity index (χ0n) is 7.65. The Morgan fingerprint density at radius 3 is 3.07 bits per heavy atom. The van der Waals surface area contributed by atoms with Gasteiger partial charge in [0.15, 0.2) is 0 Å². The molecule has 1 aromatic carbocycles. The first kappa shape index (κ1) is 9.15. The maximum atomic E-state index is 10.5. The van der Waals surface area contributed by atoms with Crippen LogP contribution in [0, 0.1) is 6.92 Å². The van der Waals surface area contributed by atoms with E-state index in [1.54, 1.807) is 0 Å². The highest BCUT2D eigenvalue weighted by Crippen LogP contribution is 2.23. The fourth-order valence-corrected chi connectivity index (χ4v) is 2.23. The summed E-state index contributed by atoms with van der Waals surface area (Å²) in [5, 5.41) is 9.28. The zero-order valence-corrected chi connectivity index (χ0v) is 8.47. The number of rotatable bonds is 2. The monoisotopic (exact) mass is 207 g/mol. The third kappa shape index (κ3) is 1.75. The Bertz CT molecular complexity index is 490. The molecule has 14 heavy (non-hydrogen) atoms. The second-order valence-electron chi connectivity index (χ2n) is 3.15. The van der Waals surface area contributed by atoms with E-state index in [-0.39, 0.29) is 6.42 Å². The molecule has 1 N–H and O–H groups in total. The van der Waals surface area contributed by atoms with Crippen molar-refractivity contribution in [1.82, 2.24) is 4.98 Å². The van der Waals surface area contributed by atoms with Gasteiger partial charge in [0, 0.05) is 0 Å². The number of hydrogen-bond donors (Lipinski definition) is 1. The lowest BCUT2D eigenvalue weighted by Gasteiger charge is -1.88. The van der Waals surface area contributed by atoms with Crippen LogP contribution in [0.25, 0.3) is 10.2 Å². The van der Waals surface area contributed by atoms with E-state index in [4.69, 9.17) is 5.11 Å². The van der Waals surface area contributed by atoms with Gasteiger partial charge in [-0.15, -0.1) is 11.3 Å². The first-order valence-electron chi connectivity index (χ1n) is 4.23. The van der Waals surface area contributed by atoms with E-state index in [1.165, 1.54) is 11.3 Å². The highest BCUT2D eigenvalue weighted by Gasteiger charge is 2.07. The van der Waals surface area contributed by atoms with E-state index in [1.807, 2.05) is 25.1 Å². The summed E-state index contributed by atoms with van der Waals surface area (Å²) in [6.45, 7) is 2.00. The number of aryl methyl sites for hydroxylation is 1. The lowest BCUT2D eigenvalue weighted by atomic mass is 10.2. The molecule has 0 atom stereocenters. The molecule has 3 nitrogen and oxygen atoms in total. The maximum Gasteiger partial charge on any atom is 0.310 e. The molecule has 0 fully saturated rings. The Kier molecular flexibility index (Phi) is 2.21. The number of carboxylic acids is 1. The van der Waals surface area contributed by atoms with Crippen molar-refractivity contribution < 1.29 is 9.90 Å². The fourth-order valence-electron chi connectivity index (χ4n) is 1.29. The van der Waals surface area contributed by atoms with Gasteiger partial charge in [-0.1, -0.05) is 6.07 Å². The van der Waals surface area contributed by atoms with Crippen molar-refractivity contribution in [1.29, 1.82) is 0 Å². The van der Waals surface area contributed by atoms with Gasteiger partial charge in [0.1, 0.15) is 5.01 Å². The molecule has 0 spiro atoms. The van der Waals surface area contributed by atoms with E-state index in [0.29, 0.717) is 5.01 Å². The van der Waals surface area contributed by atoms with Gasteiger partial charge in [-0.2, -0.15) is 0 Å². The summed E-state index contributed by atoms with van der Waals surface area (Å²) in [6, 6.07) is 5.95. The molecule has 0 amide bonds. The van der Waals surface area contributed by atoms with Gasteiger partial charge in [-0.25, -0.2) is 4.98 Å². The molecule has 0 radical (unpaired) electrons. The quantitative estimate of drug-likeness (QED) is 0.821. The first-order chi connectivity index (χ1) is 6.65. The van der Waals surface area contributed by atoms with Crippen molar-refractivity contribution in [3.8, 4) is 0 Å². The number of nitrogens with zero attached hydrogens (tertiary/aromatic N) is 1. The maximum absolute atomic E-state index is 10.5. The first-order valence-corrected chi connectivity index (χ1v) is 5.04. The molecule has 0 unspecified atom stereocenters. The Labute approximate surface area is 85.0 Å². The van der Waals surface area contributed by atoms with Crippen molar-refractivity contribution in [2.24, 2.45) is 0 Å². The zero-order chi connectivity index (χ0) is 10.1. The average molecular weight is 207 g/mol. The van der Waals surface area contributed by atoms with Crippen molar-refractivity contribution in [2.45, 2.75) is 13.3 Å². The van der Waals surface area contributed by atoms with Crippen molar-refractivity contribution in [3.63, 3.8) is 0 Å². The van der Waals surface area contributed by atoms with Gasteiger partial charge in [0.25, 0.3) is 0 Å². The average Bonchev–Trinajstić information content (AvgIpc) is 2.44. The van der Waals surface area contributed by atoms with Gasteiger partial charge >= 0.3 is 5.97 Å². The smallest absolute Gasteiger partial charge is 0.310 e. The standard InChI is InChI=1S/C10H9NO2S/c1-6-2-3-8-7(4-6)11-9(14-8)5-10(12)13/h2-4H,5H2,1H3,(H,12,13). The van der Waals surface area contributed by atoms with Crippen molar-refractivity contribution in [2.75, 3.05) is 0 Å². The lowest BCUT2D eigenvalue weighted by molar-refractivity contribution is -0.136. The summed E-state index contributed by atoms with van der Waals surface area (Å²) in [4.78, 5) is 14.7. The predicted octanol–water partition coefficient (Wildman–Crippen LogP) is 2.23. The molecule has 0 saturated heterocycles. The van der Waals surface area contributed by atoms with Gasteiger partial charge < -0.3 is 5.11 Å². The second-order valence-corrected chi connectivity index (χ2v) is 4.26. The van der Waals surface area contributed by atoms with E-state index in [9.17, 15) is 4.79 Å². The molecule has 0 aliphatic rings. The van der Waals surface area contributed by atoms with Crippen molar-refractivity contribution in [3.05, 3.63) is 28.8 Å². The summed E-state index contributed by atoms with van der Waals surface area (Å²) < 4.78 is 1.05. The predicted molar refractivity (Wildman–Crippen MR) is 55.7 cm³/mol. The SMILES string of the molecule is Cc1ccc2sc(CC(=O)O)nc2c1. The van der Waals surface area contributed by atoms with Gasteiger partial charge in [-0.3, -0.25) is 4.79 Å². The minimum absolute atomic E-state index is 0.0123. The summed E-state index contributed by atoms with van der Waals surface area (Å²) in [5.41, 5.74) is 2.04. The fraction of sp³-hybridized carbons (Fsp3) is 0.200. The topological polar surface area (TPSA) is 50.2 Å². The number of aromatic nitrogens is 1. The Morgan fingerprint density at radius 2 is 2.36 bits per heavy atom. The summed E-state index contributed by atoms with van der Waals surface area (Å²) in [6.07, 6.45) is 0.0123. The van der Waals surface area contributed by atoms with E-state index >= 15 is 0 Å². The van der Waals surface area contributed by atoms with E-state index in [2.05, 4.69) is 4.98 Å². The molecule has 4 heteroatoms. The molecule has 72 valence electrons. The van der Waals surface area contributed by atoms with Gasteiger partial charge in [0.05, 0.1) is 16.6 Å². The largest absolute Gasteiger partial charge is 0.481 e. The number of hydrogen-bond acceptors (Lipinski definition) is 3. The number of benzene rings is 1. The van der Waals surface area contributed by atoms with Crippen LogP contribution in [-0.2, 0) is 11.2 Å². The van der Waals surface area contributed by atoms with Gasteiger partial charge in [-0.05, 0) is 24.6 Å². The number of fused-ring (bicyclic) bond motifs is 1. The third-order valence-corrected chi connectivity index (χ3v) is 2.93. The highest BCUT2D eigenvalue weighted by molar-refractivity contribution is 7.18. The highest BCUT2D eigenvalue weighted by atomic mass is 32.1. The summed E-state index contributed by atoms with van der Waals surface area (Å²) >= 11 is 1.44. The molecule has 2 aromatic rings. The second kappa shape index (κ2) is 3.38. The molecule has 0 aliphatic carbocycles. The summed E-state index contributed by atoms with van der Waals surface area (Å²) in [7, 11) is 0. The molecule has 1 heterocycles. The Balaban J connectivity index is 2.46. The van der Waals surface area contributed by atoms with Crippen LogP contribution in [0.5, 0.6) is 0 Å². The minimum atomic E-state index is -0.833. The van der Waals surface area contributed by atoms with Crippen LogP contribution in [0.15, 0.2) is 18.2 Å². The third-order valence-electron chi connectivity index (χ3n) is 1.89. The number of carbonyl (C=O) groups is 1. The van der Waals surface area contributed by atoms with Crippen LogP contribution in [0.1, 0.15) is 10.6 Å². The van der Waals surface area contributed by atoms with Crippen LogP contribution in [0.2, 0.25) is 0 Å². The molecule has 1 aromatic heterocycles. The van der Waals surface area contributed by atoms with Crippen LogP contribution >= 0.6 is 11.3 Å². The molecular formula is C10H9NO2S. The Morgan fingerprint density at radius 1 is 1.57 bits per heavy atom. The van der Waals surface area contributed by atoms with E-state index < -0.39 is 5.97 Å². The number of carboxylic acid groups (broad SMARTS) is 1. The molecular weight excluding hydrogens is 198 g/mol. The molecule has 0 saturated carbocycles. The molecule has 0 aliphatic heterocycles. The number of thiazole rings is 1. The summed E-state index contributed by atoms with van der Waals surface area (Å²) in [5.74, 6) is -0.833. The molecule has 2 rings (SSSR count). The molecule has 0 bridgehead atoms. The van der Waals surface area contributed by atoms with Gasteiger partial charge in [0.2, 0.25) is 0 Å². The minimum Gasteiger partial charge on any atom is -0.481 e. The Hall–Kier alpha value is -1.42. The van der Waals surface area contributed by atoms with Crippen LogP contribution in [-0.4, -0.2) is 16.1 Å². The number of aliphatic carboxylic acids is 1. The van der Waals surface area contributed by atoms with Crippen LogP contribution < -0.4 is 0 Å². The lowest BCUT2D eigenvalue weighted by Crippen LogP contribution is -1.98.